The van der Waals surface area contributed by atoms with E-state index in [2.05, 4.69) is 17.1 Å². The van der Waals surface area contributed by atoms with Crippen molar-refractivity contribution in [3.63, 3.8) is 0 Å². The highest BCUT2D eigenvalue weighted by atomic mass is 32.2. The van der Waals surface area contributed by atoms with Crippen molar-refractivity contribution in [1.82, 2.24) is 10.2 Å². The highest BCUT2D eigenvalue weighted by Gasteiger charge is 2.46. The van der Waals surface area contributed by atoms with Crippen LogP contribution in [-0.4, -0.2) is 57.2 Å². The predicted octanol–water partition coefficient (Wildman–Crippen LogP) is 2.97. The molecule has 2 fully saturated rings. The van der Waals surface area contributed by atoms with Gasteiger partial charge in [0.05, 0.1) is 4.91 Å². The molecule has 4 nitrogen and oxygen atoms in total. The zero-order valence-corrected chi connectivity index (χ0v) is 16.3. The van der Waals surface area contributed by atoms with E-state index in [-0.39, 0.29) is 18.0 Å². The van der Waals surface area contributed by atoms with Crippen molar-refractivity contribution in [1.29, 1.82) is 0 Å². The Bertz CT molecular complexity index is 683. The summed E-state index contributed by atoms with van der Waals surface area (Å²) in [4.78, 5) is 2.88. The van der Waals surface area contributed by atoms with Crippen LogP contribution in [0.25, 0.3) is 0 Å². The van der Waals surface area contributed by atoms with E-state index >= 15 is 0 Å². The molecule has 2 heterocycles. The summed E-state index contributed by atoms with van der Waals surface area (Å²) in [7, 11) is 0. The average Bonchev–Trinajstić information content (AvgIpc) is 3.04. The summed E-state index contributed by atoms with van der Waals surface area (Å²) in [5.41, 5.74) is 0. The maximum Gasteiger partial charge on any atom is 0.186 e. The van der Waals surface area contributed by atoms with Crippen LogP contribution in [0, 0.1) is 17.8 Å². The van der Waals surface area contributed by atoms with Crippen LogP contribution in [0.2, 0.25) is 0 Å². The monoisotopic (exact) mass is 398 g/mol. The molecule has 0 spiro atoms. The fourth-order valence-corrected chi connectivity index (χ4v) is 5.90. The van der Waals surface area contributed by atoms with Crippen molar-refractivity contribution in [3.05, 3.63) is 35.3 Å². The molecular weight excluding hydrogens is 370 g/mol. The number of likely N-dealkylation sites (tertiary alicyclic amines) is 1. The lowest BCUT2D eigenvalue weighted by Gasteiger charge is -2.41. The van der Waals surface area contributed by atoms with E-state index in [1.165, 1.54) is 6.08 Å². The van der Waals surface area contributed by atoms with E-state index in [1.807, 2.05) is 12.2 Å². The summed E-state index contributed by atoms with van der Waals surface area (Å²) in [5, 5.41) is 3.54. The SMILES string of the molecule is CC1C=C(S(=O)O)C=CC1N1CCC2NC(C3C(F)C=CCC3F)CC2C1. The molecule has 4 rings (SSSR count). The first-order valence-electron chi connectivity index (χ1n) is 9.90. The number of hydrogen-bond donors (Lipinski definition) is 2. The van der Waals surface area contributed by atoms with Crippen LogP contribution in [0.15, 0.2) is 35.3 Å². The molecule has 27 heavy (non-hydrogen) atoms. The molecule has 0 saturated carbocycles. The van der Waals surface area contributed by atoms with Gasteiger partial charge < -0.3 is 9.87 Å². The first-order chi connectivity index (χ1) is 12.9. The van der Waals surface area contributed by atoms with Gasteiger partial charge in [-0.05, 0) is 37.2 Å². The number of halogens is 2. The number of nitrogens with zero attached hydrogens (tertiary/aromatic N) is 1. The van der Waals surface area contributed by atoms with Crippen molar-refractivity contribution in [3.8, 4) is 0 Å². The number of allylic oxidation sites excluding steroid dienone is 3. The molecule has 0 radical (unpaired) electrons. The molecule has 0 aromatic carbocycles. The third-order valence-electron chi connectivity index (χ3n) is 6.73. The second-order valence-corrected chi connectivity index (χ2v) is 9.36. The Morgan fingerprint density at radius 2 is 2.11 bits per heavy atom. The molecule has 0 bridgehead atoms. The molecular formula is C20H28F2N2O2S. The molecule has 2 saturated heterocycles. The maximum absolute atomic E-state index is 14.3. The van der Waals surface area contributed by atoms with Crippen LogP contribution >= 0.6 is 0 Å². The predicted molar refractivity (Wildman–Crippen MR) is 103 cm³/mol. The maximum atomic E-state index is 14.3. The van der Waals surface area contributed by atoms with Crippen molar-refractivity contribution in [2.24, 2.45) is 17.8 Å². The van der Waals surface area contributed by atoms with Gasteiger partial charge in [0, 0.05) is 37.1 Å². The number of hydrogen-bond acceptors (Lipinski definition) is 3. The molecule has 4 aliphatic rings. The van der Waals surface area contributed by atoms with Crippen LogP contribution in [-0.2, 0) is 11.1 Å². The average molecular weight is 399 g/mol. The van der Waals surface area contributed by atoms with E-state index in [9.17, 15) is 17.5 Å². The van der Waals surface area contributed by atoms with E-state index in [1.54, 1.807) is 12.2 Å². The van der Waals surface area contributed by atoms with Crippen molar-refractivity contribution in [2.45, 2.75) is 56.7 Å². The lowest BCUT2D eigenvalue weighted by Crippen LogP contribution is -2.51. The quantitative estimate of drug-likeness (QED) is 0.567. The van der Waals surface area contributed by atoms with E-state index in [0.29, 0.717) is 23.3 Å². The van der Waals surface area contributed by atoms with Gasteiger partial charge in [-0.1, -0.05) is 31.2 Å². The molecule has 0 aromatic heterocycles. The molecule has 0 aromatic rings. The van der Waals surface area contributed by atoms with Crippen LogP contribution in [0.3, 0.4) is 0 Å². The number of alkyl halides is 2. The molecule has 7 heteroatoms. The van der Waals surface area contributed by atoms with Crippen LogP contribution < -0.4 is 5.32 Å². The summed E-state index contributed by atoms with van der Waals surface area (Å²) >= 11 is -1.94. The van der Waals surface area contributed by atoms with E-state index < -0.39 is 29.3 Å². The number of piperidine rings is 1. The van der Waals surface area contributed by atoms with Crippen LogP contribution in [0.1, 0.15) is 26.2 Å². The Labute approximate surface area is 162 Å². The molecule has 0 amide bonds. The molecule has 9 unspecified atom stereocenters. The fourth-order valence-electron chi connectivity index (χ4n) is 5.38. The normalized spacial score (nSPS) is 46.1. The van der Waals surface area contributed by atoms with Crippen molar-refractivity contribution >= 4 is 11.1 Å². The van der Waals surface area contributed by atoms with Gasteiger partial charge in [0.2, 0.25) is 0 Å². The van der Waals surface area contributed by atoms with Gasteiger partial charge in [0.25, 0.3) is 0 Å². The van der Waals surface area contributed by atoms with E-state index in [4.69, 9.17) is 0 Å². The van der Waals surface area contributed by atoms with Gasteiger partial charge >= 0.3 is 0 Å². The smallest absolute Gasteiger partial charge is 0.186 e. The highest BCUT2D eigenvalue weighted by Crippen LogP contribution is 2.38. The first-order valence-corrected chi connectivity index (χ1v) is 11.0. The summed E-state index contributed by atoms with van der Waals surface area (Å²) in [6.07, 6.45) is 8.56. The number of nitrogens with one attached hydrogen (secondary N) is 1. The summed E-state index contributed by atoms with van der Waals surface area (Å²) < 4.78 is 49.2. The molecule has 2 N–H and O–H groups in total. The van der Waals surface area contributed by atoms with Gasteiger partial charge in [-0.25, -0.2) is 13.0 Å². The fraction of sp³-hybridized carbons (Fsp3) is 0.700. The number of rotatable bonds is 3. The Balaban J connectivity index is 1.40. The lowest BCUT2D eigenvalue weighted by atomic mass is 9.82. The Morgan fingerprint density at radius 1 is 1.30 bits per heavy atom. The minimum atomic E-state index is -1.94. The van der Waals surface area contributed by atoms with E-state index in [0.717, 1.165) is 25.9 Å². The van der Waals surface area contributed by atoms with Crippen molar-refractivity contribution in [2.75, 3.05) is 13.1 Å². The van der Waals surface area contributed by atoms with Gasteiger partial charge in [-0.2, -0.15) is 0 Å². The Hall–Kier alpha value is -0.890. The topological polar surface area (TPSA) is 52.6 Å². The summed E-state index contributed by atoms with van der Waals surface area (Å²) in [5.74, 6) is -0.0173. The van der Waals surface area contributed by atoms with Gasteiger partial charge in [-0.15, -0.1) is 0 Å². The second-order valence-electron chi connectivity index (χ2n) is 8.39. The largest absolute Gasteiger partial charge is 0.310 e. The zero-order chi connectivity index (χ0) is 19.1. The molecule has 150 valence electrons. The Kier molecular flexibility index (Phi) is 5.65. The molecule has 2 aliphatic carbocycles. The first kappa shape index (κ1) is 19.4. The van der Waals surface area contributed by atoms with Crippen molar-refractivity contribution < 1.29 is 17.5 Å². The Morgan fingerprint density at radius 3 is 2.81 bits per heavy atom. The molecule has 9 atom stereocenters. The lowest BCUT2D eigenvalue weighted by molar-refractivity contribution is 0.111. The van der Waals surface area contributed by atoms with Gasteiger partial charge in [0.15, 0.2) is 11.1 Å². The highest BCUT2D eigenvalue weighted by molar-refractivity contribution is 7.83. The summed E-state index contributed by atoms with van der Waals surface area (Å²) in [6, 6.07) is 0.436. The second kappa shape index (κ2) is 7.85. The molecule has 2 aliphatic heterocycles. The third kappa shape index (κ3) is 3.84. The minimum absolute atomic E-state index is 0.0995. The van der Waals surface area contributed by atoms with Gasteiger partial charge in [-0.3, -0.25) is 4.90 Å². The number of fused-ring (bicyclic) bond motifs is 1. The van der Waals surface area contributed by atoms with Crippen LogP contribution in [0.4, 0.5) is 8.78 Å². The van der Waals surface area contributed by atoms with Gasteiger partial charge in [0.1, 0.15) is 12.3 Å². The standard InChI is InChI=1S/C20H28F2N2O2S/c1-12-9-14(27(25)26)5-6-19(12)24-8-7-17-13(11-24)10-18(23-17)20-15(21)3-2-4-16(20)22/h2-3,5-6,9,12-13,15-20,23H,4,7-8,10-11H2,1H3,(H,25,26). The summed E-state index contributed by atoms with van der Waals surface area (Å²) in [6.45, 7) is 3.89. The minimum Gasteiger partial charge on any atom is -0.310 e. The van der Waals surface area contributed by atoms with Crippen LogP contribution in [0.5, 0.6) is 0 Å². The zero-order valence-electron chi connectivity index (χ0n) is 15.5. The third-order valence-corrected chi connectivity index (χ3v) is 7.40.